The molecule has 17 heavy (non-hydrogen) atoms. The number of rotatable bonds is 4. The molecule has 3 N–H and O–H groups in total. The van der Waals surface area contributed by atoms with Gasteiger partial charge in [-0.25, -0.2) is 4.39 Å². The minimum atomic E-state index is -0.467. The first-order valence-electron chi connectivity index (χ1n) is 5.15. The molecule has 0 aromatic heterocycles. The lowest BCUT2D eigenvalue weighted by molar-refractivity contribution is -0.119. The van der Waals surface area contributed by atoms with Crippen molar-refractivity contribution in [2.45, 2.75) is 13.3 Å². The molecule has 0 heterocycles. The average Bonchev–Trinajstić information content (AvgIpc) is 2.25. The lowest BCUT2D eigenvalue weighted by Gasteiger charge is -2.14. The molecule has 6 heteroatoms. The first-order chi connectivity index (χ1) is 7.99. The van der Waals surface area contributed by atoms with Crippen LogP contribution in [-0.4, -0.2) is 12.5 Å². The van der Waals surface area contributed by atoms with Crippen molar-refractivity contribution in [1.29, 1.82) is 0 Å². The Balaban J connectivity index is 2.92. The van der Waals surface area contributed by atoms with Gasteiger partial charge in [-0.15, -0.1) is 0 Å². The summed E-state index contributed by atoms with van der Waals surface area (Å²) in [6, 6.07) is 2.39. The molecule has 3 nitrogen and oxygen atoms in total. The van der Waals surface area contributed by atoms with Crippen LogP contribution < -0.4 is 11.1 Å². The zero-order valence-electron chi connectivity index (χ0n) is 9.27. The Bertz CT molecular complexity index is 401. The van der Waals surface area contributed by atoms with E-state index >= 15 is 0 Å². The smallest absolute Gasteiger partial charge is 0.228 e. The van der Waals surface area contributed by atoms with E-state index in [4.69, 9.17) is 17.3 Å². The average molecular weight is 324 g/mol. The molecule has 94 valence electrons. The Morgan fingerprint density at radius 2 is 2.29 bits per heavy atom. The summed E-state index contributed by atoms with van der Waals surface area (Å²) in [5.74, 6) is -0.960. The van der Waals surface area contributed by atoms with Gasteiger partial charge < -0.3 is 11.1 Å². The molecule has 1 amide bonds. The van der Waals surface area contributed by atoms with Crippen LogP contribution >= 0.6 is 27.5 Å². The summed E-state index contributed by atoms with van der Waals surface area (Å²) < 4.78 is 13.4. The Morgan fingerprint density at radius 1 is 1.65 bits per heavy atom. The number of anilines is 1. The fourth-order valence-corrected chi connectivity index (χ4v) is 2.24. The van der Waals surface area contributed by atoms with Crippen LogP contribution in [0.25, 0.3) is 0 Å². The van der Waals surface area contributed by atoms with Crippen LogP contribution in [0, 0.1) is 11.7 Å². The molecule has 0 aliphatic rings. The van der Waals surface area contributed by atoms with Gasteiger partial charge >= 0.3 is 0 Å². The van der Waals surface area contributed by atoms with E-state index in [0.717, 1.165) is 6.07 Å². The molecule has 0 saturated heterocycles. The number of amides is 1. The summed E-state index contributed by atoms with van der Waals surface area (Å²) in [5, 5.41) is 2.79. The summed E-state index contributed by atoms with van der Waals surface area (Å²) in [5.41, 5.74) is 5.84. The Kier molecular flexibility index (Phi) is 5.36. The predicted octanol–water partition coefficient (Wildman–Crippen LogP) is 3.17. The van der Waals surface area contributed by atoms with Crippen molar-refractivity contribution in [2.24, 2.45) is 11.7 Å². The van der Waals surface area contributed by atoms with Gasteiger partial charge in [0.15, 0.2) is 0 Å². The van der Waals surface area contributed by atoms with Crippen molar-refractivity contribution < 1.29 is 9.18 Å². The monoisotopic (exact) mass is 322 g/mol. The molecule has 0 aliphatic carbocycles. The fraction of sp³-hybridized carbons (Fsp3) is 0.364. The molecule has 0 aliphatic heterocycles. The highest BCUT2D eigenvalue weighted by atomic mass is 79.9. The fourth-order valence-electron chi connectivity index (χ4n) is 1.35. The molecule has 1 aromatic rings. The van der Waals surface area contributed by atoms with Gasteiger partial charge in [0.25, 0.3) is 0 Å². The zero-order valence-corrected chi connectivity index (χ0v) is 11.6. The van der Waals surface area contributed by atoms with Crippen molar-refractivity contribution >= 4 is 39.1 Å². The summed E-state index contributed by atoms with van der Waals surface area (Å²) in [6.45, 7) is 2.14. The van der Waals surface area contributed by atoms with Crippen LogP contribution in [0.2, 0.25) is 5.02 Å². The summed E-state index contributed by atoms with van der Waals surface area (Å²) >= 11 is 9.00. The van der Waals surface area contributed by atoms with Gasteiger partial charge in [-0.3, -0.25) is 4.79 Å². The van der Waals surface area contributed by atoms with Gasteiger partial charge in [0.2, 0.25) is 5.91 Å². The van der Waals surface area contributed by atoms with E-state index in [2.05, 4.69) is 21.2 Å². The standard InChI is InChI=1S/C11H13BrClFN2O/c1-2-6(5-15)11(17)16-10-8(12)3-7(14)4-9(10)13/h3-4,6H,2,5,15H2,1H3,(H,16,17). The number of carbonyl (C=O) groups is 1. The number of benzene rings is 1. The molecule has 0 fully saturated rings. The third-order valence-corrected chi connectivity index (χ3v) is 3.33. The van der Waals surface area contributed by atoms with Gasteiger partial charge in [-0.05, 0) is 34.5 Å². The summed E-state index contributed by atoms with van der Waals surface area (Å²) in [6.07, 6.45) is 0.638. The molecule has 1 unspecified atom stereocenters. The number of halogens is 3. The topological polar surface area (TPSA) is 55.1 Å². The van der Waals surface area contributed by atoms with E-state index in [9.17, 15) is 9.18 Å². The van der Waals surface area contributed by atoms with Gasteiger partial charge in [0.05, 0.1) is 16.6 Å². The van der Waals surface area contributed by atoms with Crippen molar-refractivity contribution in [3.05, 3.63) is 27.4 Å². The molecule has 1 rings (SSSR count). The third kappa shape index (κ3) is 3.66. The van der Waals surface area contributed by atoms with Crippen LogP contribution in [0.4, 0.5) is 10.1 Å². The number of hydrogen-bond acceptors (Lipinski definition) is 2. The Morgan fingerprint density at radius 3 is 2.76 bits per heavy atom. The van der Waals surface area contributed by atoms with Crippen molar-refractivity contribution in [2.75, 3.05) is 11.9 Å². The van der Waals surface area contributed by atoms with Gasteiger partial charge in [-0.1, -0.05) is 18.5 Å². The van der Waals surface area contributed by atoms with Gasteiger partial charge in [0.1, 0.15) is 5.82 Å². The van der Waals surface area contributed by atoms with E-state index in [-0.39, 0.29) is 23.4 Å². The second-order valence-electron chi connectivity index (χ2n) is 3.57. The number of nitrogens with one attached hydrogen (secondary N) is 1. The highest BCUT2D eigenvalue weighted by molar-refractivity contribution is 9.10. The maximum atomic E-state index is 13.0. The van der Waals surface area contributed by atoms with Crippen LogP contribution in [0.1, 0.15) is 13.3 Å². The third-order valence-electron chi connectivity index (χ3n) is 2.40. The lowest BCUT2D eigenvalue weighted by atomic mass is 10.1. The predicted molar refractivity (Wildman–Crippen MR) is 70.6 cm³/mol. The number of nitrogens with two attached hydrogens (primary N) is 1. The zero-order chi connectivity index (χ0) is 13.0. The highest BCUT2D eigenvalue weighted by Gasteiger charge is 2.17. The second-order valence-corrected chi connectivity index (χ2v) is 4.84. The van der Waals surface area contributed by atoms with Crippen molar-refractivity contribution in [3.63, 3.8) is 0 Å². The molecule has 0 bridgehead atoms. The minimum absolute atomic E-state index is 0.150. The Hall–Kier alpha value is -0.650. The second kappa shape index (κ2) is 6.33. The van der Waals surface area contributed by atoms with Crippen molar-refractivity contribution in [1.82, 2.24) is 0 Å². The molecule has 0 radical (unpaired) electrons. The first-order valence-corrected chi connectivity index (χ1v) is 6.32. The molecule has 0 saturated carbocycles. The van der Waals surface area contributed by atoms with E-state index in [1.165, 1.54) is 6.07 Å². The maximum absolute atomic E-state index is 13.0. The van der Waals surface area contributed by atoms with E-state index in [1.807, 2.05) is 6.92 Å². The molecule has 0 spiro atoms. The van der Waals surface area contributed by atoms with Gasteiger partial charge in [0, 0.05) is 11.0 Å². The minimum Gasteiger partial charge on any atom is -0.330 e. The quantitative estimate of drug-likeness (QED) is 0.894. The Labute approximate surface area is 113 Å². The van der Waals surface area contributed by atoms with Crippen molar-refractivity contribution in [3.8, 4) is 0 Å². The summed E-state index contributed by atoms with van der Waals surface area (Å²) in [4.78, 5) is 11.8. The summed E-state index contributed by atoms with van der Waals surface area (Å²) in [7, 11) is 0. The molecule has 1 aromatic carbocycles. The van der Waals surface area contributed by atoms with Crippen LogP contribution in [0.15, 0.2) is 16.6 Å². The first kappa shape index (κ1) is 14.4. The lowest BCUT2D eigenvalue weighted by Crippen LogP contribution is -2.28. The molecule has 1 atom stereocenters. The van der Waals surface area contributed by atoms with Gasteiger partial charge in [-0.2, -0.15) is 0 Å². The molecular weight excluding hydrogens is 310 g/mol. The van der Waals surface area contributed by atoms with Crippen LogP contribution in [-0.2, 0) is 4.79 Å². The van der Waals surface area contributed by atoms with E-state index in [0.29, 0.717) is 16.6 Å². The van der Waals surface area contributed by atoms with E-state index in [1.54, 1.807) is 0 Å². The maximum Gasteiger partial charge on any atom is 0.228 e. The molecular formula is C11H13BrClFN2O. The normalized spacial score (nSPS) is 12.3. The number of carbonyl (C=O) groups excluding carboxylic acids is 1. The van der Waals surface area contributed by atoms with E-state index < -0.39 is 5.82 Å². The SMILES string of the molecule is CCC(CN)C(=O)Nc1c(Cl)cc(F)cc1Br. The van der Waals surface area contributed by atoms with Crippen LogP contribution in [0.5, 0.6) is 0 Å². The largest absolute Gasteiger partial charge is 0.330 e. The highest BCUT2D eigenvalue weighted by Crippen LogP contribution is 2.32. The number of hydrogen-bond donors (Lipinski definition) is 2. The van der Waals surface area contributed by atoms with Crippen LogP contribution in [0.3, 0.4) is 0 Å².